The van der Waals surface area contributed by atoms with Gasteiger partial charge in [0.05, 0.1) is 11.4 Å². The maximum absolute atomic E-state index is 6.31. The molecule has 0 radical (unpaired) electrons. The zero-order valence-corrected chi connectivity index (χ0v) is 20.6. The van der Waals surface area contributed by atoms with Crippen molar-refractivity contribution in [3.05, 3.63) is 145 Å². The summed E-state index contributed by atoms with van der Waals surface area (Å²) in [7, 11) is 0. The van der Waals surface area contributed by atoms with E-state index in [9.17, 15) is 0 Å². The number of hydrogen-bond acceptors (Lipinski definition) is 3. The van der Waals surface area contributed by atoms with Crippen molar-refractivity contribution in [3.63, 3.8) is 0 Å². The van der Waals surface area contributed by atoms with E-state index in [1.165, 1.54) is 33.3 Å². The molecule has 3 heteroatoms. The van der Waals surface area contributed by atoms with Crippen molar-refractivity contribution in [2.75, 3.05) is 0 Å². The molecule has 0 bridgehead atoms. The third kappa shape index (κ3) is 3.15. The lowest BCUT2D eigenvalue weighted by Gasteiger charge is -2.25. The number of furan rings is 1. The van der Waals surface area contributed by atoms with Crippen LogP contribution in [0.2, 0.25) is 0 Å². The maximum Gasteiger partial charge on any atom is 0.143 e. The third-order valence-electron chi connectivity index (χ3n) is 7.65. The molecule has 0 amide bonds. The van der Waals surface area contributed by atoms with Gasteiger partial charge in [0.1, 0.15) is 17.3 Å². The van der Waals surface area contributed by atoms with E-state index in [-0.39, 0.29) is 6.17 Å². The fourth-order valence-corrected chi connectivity index (χ4v) is 5.89. The van der Waals surface area contributed by atoms with Gasteiger partial charge in [0.2, 0.25) is 0 Å². The Morgan fingerprint density at radius 2 is 1.32 bits per heavy atom. The summed E-state index contributed by atoms with van der Waals surface area (Å²) in [5.74, 6) is 0. The van der Waals surface area contributed by atoms with Gasteiger partial charge in [0.25, 0.3) is 0 Å². The van der Waals surface area contributed by atoms with Crippen LogP contribution in [0.5, 0.6) is 0 Å². The molecule has 1 atom stereocenters. The average molecular weight is 489 g/mol. The first-order valence-electron chi connectivity index (χ1n) is 13.0. The highest BCUT2D eigenvalue weighted by molar-refractivity contribution is 6.19. The van der Waals surface area contributed by atoms with Gasteiger partial charge in [0, 0.05) is 27.9 Å². The number of benzene rings is 5. The van der Waals surface area contributed by atoms with Crippen LogP contribution in [0.15, 0.2) is 138 Å². The molecule has 8 rings (SSSR count). The summed E-state index contributed by atoms with van der Waals surface area (Å²) in [4.78, 5) is 2.31. The second kappa shape index (κ2) is 8.25. The van der Waals surface area contributed by atoms with Gasteiger partial charge in [-0.3, -0.25) is 0 Å². The SMILES string of the molecule is C1=CC2NC(c3ccc(-c4cc5c6ccccc6oc5c5ccccc45)cc3)=C(c3ccccc3)N2C=C1. The molecule has 3 heterocycles. The number of rotatable bonds is 3. The molecule has 0 spiro atoms. The molecule has 2 aliphatic heterocycles. The molecular weight excluding hydrogens is 464 g/mol. The van der Waals surface area contributed by atoms with Crippen molar-refractivity contribution in [2.24, 2.45) is 0 Å². The van der Waals surface area contributed by atoms with Crippen LogP contribution in [0.1, 0.15) is 11.1 Å². The minimum absolute atomic E-state index is 0.116. The average Bonchev–Trinajstić information content (AvgIpc) is 3.56. The minimum Gasteiger partial charge on any atom is -0.455 e. The second-order valence-corrected chi connectivity index (χ2v) is 9.83. The molecule has 1 N–H and O–H groups in total. The number of nitrogens with zero attached hydrogens (tertiary/aromatic N) is 1. The quantitative estimate of drug-likeness (QED) is 0.270. The minimum atomic E-state index is 0.116. The largest absolute Gasteiger partial charge is 0.455 e. The monoisotopic (exact) mass is 488 g/mol. The summed E-state index contributed by atoms with van der Waals surface area (Å²) in [6.07, 6.45) is 8.65. The lowest BCUT2D eigenvalue weighted by atomic mass is 9.94. The summed E-state index contributed by atoms with van der Waals surface area (Å²) in [6, 6.07) is 38.7. The predicted octanol–water partition coefficient (Wildman–Crippen LogP) is 8.55. The second-order valence-electron chi connectivity index (χ2n) is 9.83. The Morgan fingerprint density at radius 1 is 0.605 bits per heavy atom. The lowest BCUT2D eigenvalue weighted by molar-refractivity contribution is 0.443. The zero-order chi connectivity index (χ0) is 25.1. The number of hydrogen-bond donors (Lipinski definition) is 1. The smallest absolute Gasteiger partial charge is 0.143 e. The fourth-order valence-electron chi connectivity index (χ4n) is 5.89. The van der Waals surface area contributed by atoms with E-state index in [4.69, 9.17) is 4.42 Å². The maximum atomic E-state index is 6.31. The van der Waals surface area contributed by atoms with Crippen molar-refractivity contribution >= 4 is 44.1 Å². The van der Waals surface area contributed by atoms with E-state index < -0.39 is 0 Å². The van der Waals surface area contributed by atoms with Crippen molar-refractivity contribution < 1.29 is 4.42 Å². The highest BCUT2D eigenvalue weighted by Gasteiger charge is 2.30. The number of fused-ring (bicyclic) bond motifs is 6. The Morgan fingerprint density at radius 3 is 2.16 bits per heavy atom. The molecule has 3 nitrogen and oxygen atoms in total. The van der Waals surface area contributed by atoms with Gasteiger partial charge in [-0.15, -0.1) is 0 Å². The van der Waals surface area contributed by atoms with Gasteiger partial charge >= 0.3 is 0 Å². The summed E-state index contributed by atoms with van der Waals surface area (Å²) in [6.45, 7) is 0. The highest BCUT2D eigenvalue weighted by Crippen LogP contribution is 2.41. The summed E-state index contributed by atoms with van der Waals surface area (Å²) >= 11 is 0. The summed E-state index contributed by atoms with van der Waals surface area (Å²) < 4.78 is 6.31. The first-order chi connectivity index (χ1) is 18.8. The molecule has 0 saturated heterocycles. The first-order valence-corrected chi connectivity index (χ1v) is 13.0. The first kappa shape index (κ1) is 21.1. The van der Waals surface area contributed by atoms with Gasteiger partial charge < -0.3 is 14.6 Å². The molecule has 5 aromatic carbocycles. The Bertz CT molecular complexity index is 1940. The molecule has 1 aromatic heterocycles. The van der Waals surface area contributed by atoms with Crippen molar-refractivity contribution in [2.45, 2.75) is 6.17 Å². The standard InChI is InChI=1S/C35H24N2O/c1-2-10-25(11-3-1)34-33(36-32-16-8-9-21-37(32)34)24-19-17-23(18-20-24)29-22-30-27-13-6-7-15-31(27)38-35(30)28-14-5-4-12-26(28)29/h1-22,32,36H. The van der Waals surface area contributed by atoms with Crippen LogP contribution in [0.3, 0.4) is 0 Å². The molecular formula is C35H24N2O. The van der Waals surface area contributed by atoms with Crippen molar-refractivity contribution in [1.29, 1.82) is 0 Å². The molecule has 2 aliphatic rings. The van der Waals surface area contributed by atoms with E-state index in [0.29, 0.717) is 0 Å². The van der Waals surface area contributed by atoms with Crippen LogP contribution < -0.4 is 5.32 Å². The Kier molecular flexibility index (Phi) is 4.58. The summed E-state index contributed by atoms with van der Waals surface area (Å²) in [5.41, 5.74) is 8.99. The van der Waals surface area contributed by atoms with Crippen molar-refractivity contribution in [3.8, 4) is 11.1 Å². The van der Waals surface area contributed by atoms with Crippen LogP contribution in [0.4, 0.5) is 0 Å². The normalized spacial score (nSPS) is 16.5. The van der Waals surface area contributed by atoms with Crippen LogP contribution in [-0.2, 0) is 0 Å². The number of nitrogens with one attached hydrogen (secondary N) is 1. The van der Waals surface area contributed by atoms with E-state index in [2.05, 4.69) is 132 Å². The topological polar surface area (TPSA) is 28.4 Å². The highest BCUT2D eigenvalue weighted by atomic mass is 16.3. The molecule has 38 heavy (non-hydrogen) atoms. The van der Waals surface area contributed by atoms with Gasteiger partial charge in [-0.25, -0.2) is 0 Å². The number of para-hydroxylation sites is 1. The van der Waals surface area contributed by atoms with Gasteiger partial charge in [-0.2, -0.15) is 0 Å². The van der Waals surface area contributed by atoms with Gasteiger partial charge in [-0.05, 0) is 46.4 Å². The van der Waals surface area contributed by atoms with Gasteiger partial charge in [0.15, 0.2) is 0 Å². The lowest BCUT2D eigenvalue weighted by Crippen LogP contribution is -2.32. The fraction of sp³-hybridized carbons (Fsp3) is 0.0286. The van der Waals surface area contributed by atoms with E-state index >= 15 is 0 Å². The Labute approximate surface area is 220 Å². The van der Waals surface area contributed by atoms with E-state index in [0.717, 1.165) is 33.0 Å². The Hall–Kier alpha value is -5.02. The third-order valence-corrected chi connectivity index (χ3v) is 7.65. The van der Waals surface area contributed by atoms with E-state index in [1.807, 2.05) is 12.1 Å². The van der Waals surface area contributed by atoms with Crippen LogP contribution in [0.25, 0.3) is 55.2 Å². The van der Waals surface area contributed by atoms with Crippen LogP contribution >= 0.6 is 0 Å². The molecule has 6 aromatic rings. The molecule has 0 fully saturated rings. The molecule has 1 unspecified atom stereocenters. The van der Waals surface area contributed by atoms with Crippen molar-refractivity contribution in [1.82, 2.24) is 10.2 Å². The number of allylic oxidation sites excluding steroid dienone is 2. The van der Waals surface area contributed by atoms with E-state index in [1.54, 1.807) is 0 Å². The zero-order valence-electron chi connectivity index (χ0n) is 20.6. The molecule has 0 aliphatic carbocycles. The van der Waals surface area contributed by atoms with Crippen LogP contribution in [0, 0.1) is 0 Å². The Balaban J connectivity index is 1.29. The summed E-state index contributed by atoms with van der Waals surface area (Å²) in [5, 5.41) is 8.38. The molecule has 0 saturated carbocycles. The van der Waals surface area contributed by atoms with Crippen LogP contribution in [-0.4, -0.2) is 11.1 Å². The molecule has 180 valence electrons. The van der Waals surface area contributed by atoms with Gasteiger partial charge in [-0.1, -0.05) is 103 Å². The predicted molar refractivity (Wildman–Crippen MR) is 157 cm³/mol.